The van der Waals surface area contributed by atoms with E-state index >= 15 is 0 Å². The van der Waals surface area contributed by atoms with Crippen LogP contribution in [0.2, 0.25) is 5.02 Å². The third-order valence-corrected chi connectivity index (χ3v) is 4.85. The fourth-order valence-corrected chi connectivity index (χ4v) is 3.48. The number of carbonyl (C=O) groups excluding carboxylic acids is 1. The predicted octanol–water partition coefficient (Wildman–Crippen LogP) is 2.48. The maximum absolute atomic E-state index is 12.8. The Morgan fingerprint density at radius 1 is 1.38 bits per heavy atom. The zero-order valence-electron chi connectivity index (χ0n) is 14.4. The SMILES string of the molecule is COCC1(C(=O)O)CCCN(C(=O)c2ccn(-c3cccc(Cl)c3)n2)C1. The van der Waals surface area contributed by atoms with E-state index < -0.39 is 11.4 Å². The number of hydrogen-bond donors (Lipinski definition) is 1. The van der Waals surface area contributed by atoms with Crippen LogP contribution >= 0.6 is 11.6 Å². The van der Waals surface area contributed by atoms with Gasteiger partial charge in [0.25, 0.3) is 5.91 Å². The van der Waals surface area contributed by atoms with Crippen LogP contribution in [-0.2, 0) is 9.53 Å². The molecule has 1 aromatic heterocycles. The van der Waals surface area contributed by atoms with Gasteiger partial charge in [0, 0.05) is 31.4 Å². The van der Waals surface area contributed by atoms with Gasteiger partial charge in [-0.15, -0.1) is 0 Å². The third kappa shape index (κ3) is 3.59. The smallest absolute Gasteiger partial charge is 0.313 e. The molecule has 1 aliphatic heterocycles. The molecule has 0 bridgehead atoms. The lowest BCUT2D eigenvalue weighted by atomic mass is 9.80. The molecule has 0 aliphatic carbocycles. The van der Waals surface area contributed by atoms with Crippen molar-refractivity contribution in [2.75, 3.05) is 26.8 Å². The quantitative estimate of drug-likeness (QED) is 0.865. The number of ether oxygens (including phenoxy) is 1. The number of carboxylic acids is 1. The molecular formula is C18H20ClN3O4. The van der Waals surface area contributed by atoms with Crippen molar-refractivity contribution in [1.82, 2.24) is 14.7 Å². The largest absolute Gasteiger partial charge is 0.481 e. The standard InChI is InChI=1S/C18H20ClN3O4/c1-26-12-18(17(24)25)7-3-8-21(11-18)16(23)15-6-9-22(20-15)14-5-2-4-13(19)10-14/h2,4-6,9-10H,3,7-8,11-12H2,1H3,(H,24,25). The summed E-state index contributed by atoms with van der Waals surface area (Å²) in [6.07, 6.45) is 2.77. The summed E-state index contributed by atoms with van der Waals surface area (Å²) >= 11 is 5.99. The van der Waals surface area contributed by atoms with Gasteiger partial charge in [0.05, 0.1) is 12.3 Å². The van der Waals surface area contributed by atoms with Crippen LogP contribution in [0, 0.1) is 5.41 Å². The molecule has 26 heavy (non-hydrogen) atoms. The number of hydrogen-bond acceptors (Lipinski definition) is 4. The number of rotatable bonds is 5. The lowest BCUT2D eigenvalue weighted by molar-refractivity contribution is -0.155. The minimum atomic E-state index is -1.07. The maximum Gasteiger partial charge on any atom is 0.313 e. The summed E-state index contributed by atoms with van der Waals surface area (Å²) in [5, 5.41) is 14.5. The van der Waals surface area contributed by atoms with Gasteiger partial charge < -0.3 is 14.7 Å². The Kier molecular flexibility index (Phi) is 5.29. The Morgan fingerprint density at radius 2 is 2.19 bits per heavy atom. The van der Waals surface area contributed by atoms with Crippen molar-refractivity contribution < 1.29 is 19.4 Å². The Balaban J connectivity index is 1.80. The molecule has 0 radical (unpaired) electrons. The minimum Gasteiger partial charge on any atom is -0.481 e. The lowest BCUT2D eigenvalue weighted by Gasteiger charge is -2.39. The lowest BCUT2D eigenvalue weighted by Crippen LogP contribution is -2.52. The molecule has 8 heteroatoms. The first kappa shape index (κ1) is 18.4. The molecule has 0 saturated carbocycles. The second kappa shape index (κ2) is 7.47. The number of likely N-dealkylation sites (tertiary alicyclic amines) is 1. The minimum absolute atomic E-state index is 0.0725. The Labute approximate surface area is 156 Å². The first-order chi connectivity index (χ1) is 12.4. The van der Waals surface area contributed by atoms with E-state index in [1.54, 1.807) is 40.0 Å². The highest BCUT2D eigenvalue weighted by atomic mass is 35.5. The normalized spacial score (nSPS) is 20.2. The number of halogens is 1. The van der Waals surface area contributed by atoms with Gasteiger partial charge in [-0.1, -0.05) is 17.7 Å². The molecule has 1 atom stereocenters. The van der Waals surface area contributed by atoms with Crippen LogP contribution in [0.3, 0.4) is 0 Å². The second-order valence-corrected chi connectivity index (χ2v) is 6.91. The van der Waals surface area contributed by atoms with E-state index in [-0.39, 0.29) is 24.8 Å². The molecule has 138 valence electrons. The number of methoxy groups -OCH3 is 1. The molecule has 1 unspecified atom stereocenters. The molecule has 1 aromatic carbocycles. The van der Waals surface area contributed by atoms with Crippen molar-refractivity contribution in [1.29, 1.82) is 0 Å². The molecule has 1 saturated heterocycles. The van der Waals surface area contributed by atoms with E-state index in [1.165, 1.54) is 7.11 Å². The highest BCUT2D eigenvalue weighted by Gasteiger charge is 2.44. The van der Waals surface area contributed by atoms with Crippen molar-refractivity contribution in [2.45, 2.75) is 12.8 Å². The molecule has 3 rings (SSSR count). The zero-order valence-corrected chi connectivity index (χ0v) is 15.1. The van der Waals surface area contributed by atoms with Gasteiger partial charge in [-0.3, -0.25) is 9.59 Å². The number of carbonyl (C=O) groups is 2. The number of benzene rings is 1. The van der Waals surface area contributed by atoms with E-state index in [0.29, 0.717) is 24.4 Å². The summed E-state index contributed by atoms with van der Waals surface area (Å²) in [4.78, 5) is 26.1. The Morgan fingerprint density at radius 3 is 2.88 bits per heavy atom. The molecule has 1 N–H and O–H groups in total. The fraction of sp³-hybridized carbons (Fsp3) is 0.389. The van der Waals surface area contributed by atoms with Crippen molar-refractivity contribution in [3.63, 3.8) is 0 Å². The van der Waals surface area contributed by atoms with Crippen molar-refractivity contribution >= 4 is 23.5 Å². The summed E-state index contributed by atoms with van der Waals surface area (Å²) in [5.74, 6) is -1.23. The monoisotopic (exact) mass is 377 g/mol. The molecule has 2 aromatic rings. The molecule has 1 amide bonds. The summed E-state index contributed by atoms with van der Waals surface area (Å²) in [6, 6.07) is 8.77. The number of carboxylic acid groups (broad SMARTS) is 1. The zero-order chi connectivity index (χ0) is 18.7. The van der Waals surface area contributed by atoms with E-state index in [0.717, 1.165) is 5.69 Å². The number of aliphatic carboxylic acids is 1. The highest BCUT2D eigenvalue weighted by Crippen LogP contribution is 2.31. The summed E-state index contributed by atoms with van der Waals surface area (Å²) in [6.45, 7) is 0.684. The molecule has 1 fully saturated rings. The van der Waals surface area contributed by atoms with Gasteiger partial charge >= 0.3 is 5.97 Å². The average Bonchev–Trinajstić information content (AvgIpc) is 3.11. The molecule has 0 spiro atoms. The van der Waals surface area contributed by atoms with Crippen LogP contribution in [0.5, 0.6) is 0 Å². The van der Waals surface area contributed by atoms with Crippen LogP contribution in [0.15, 0.2) is 36.5 Å². The summed E-state index contributed by atoms with van der Waals surface area (Å²) in [5.41, 5.74) is -0.0592. The van der Waals surface area contributed by atoms with Crippen molar-refractivity contribution in [3.8, 4) is 5.69 Å². The number of aromatic nitrogens is 2. The summed E-state index contributed by atoms with van der Waals surface area (Å²) < 4.78 is 6.67. The third-order valence-electron chi connectivity index (χ3n) is 4.62. The Bertz CT molecular complexity index is 818. The van der Waals surface area contributed by atoms with Gasteiger partial charge in [-0.2, -0.15) is 5.10 Å². The van der Waals surface area contributed by atoms with Gasteiger partial charge in [-0.25, -0.2) is 4.68 Å². The highest BCUT2D eigenvalue weighted by molar-refractivity contribution is 6.30. The topological polar surface area (TPSA) is 84.7 Å². The second-order valence-electron chi connectivity index (χ2n) is 6.47. The van der Waals surface area contributed by atoms with E-state index in [9.17, 15) is 14.7 Å². The number of nitrogens with zero attached hydrogens (tertiary/aromatic N) is 3. The number of amides is 1. The van der Waals surface area contributed by atoms with Gasteiger partial charge in [0.15, 0.2) is 5.69 Å². The Hall–Kier alpha value is -2.38. The molecule has 7 nitrogen and oxygen atoms in total. The van der Waals surface area contributed by atoms with Crippen LogP contribution in [0.4, 0.5) is 0 Å². The van der Waals surface area contributed by atoms with Crippen LogP contribution in [0.25, 0.3) is 5.69 Å². The first-order valence-electron chi connectivity index (χ1n) is 8.28. The van der Waals surface area contributed by atoms with Crippen LogP contribution in [-0.4, -0.2) is 58.5 Å². The number of piperidine rings is 1. The molecule has 2 heterocycles. The van der Waals surface area contributed by atoms with Gasteiger partial charge in [0.2, 0.25) is 0 Å². The average molecular weight is 378 g/mol. The maximum atomic E-state index is 12.8. The van der Waals surface area contributed by atoms with Crippen LogP contribution in [0.1, 0.15) is 23.3 Å². The van der Waals surface area contributed by atoms with Crippen LogP contribution < -0.4 is 0 Å². The first-order valence-corrected chi connectivity index (χ1v) is 8.66. The van der Waals surface area contributed by atoms with E-state index in [1.807, 2.05) is 6.07 Å². The molecular weight excluding hydrogens is 358 g/mol. The summed E-state index contributed by atoms with van der Waals surface area (Å²) in [7, 11) is 1.47. The van der Waals surface area contributed by atoms with E-state index in [2.05, 4.69) is 5.10 Å². The molecule has 1 aliphatic rings. The van der Waals surface area contributed by atoms with Crippen molar-refractivity contribution in [2.24, 2.45) is 5.41 Å². The fourth-order valence-electron chi connectivity index (χ4n) is 3.30. The van der Waals surface area contributed by atoms with Gasteiger partial charge in [-0.05, 0) is 37.1 Å². The predicted molar refractivity (Wildman–Crippen MR) is 95.7 cm³/mol. The van der Waals surface area contributed by atoms with E-state index in [4.69, 9.17) is 16.3 Å². The van der Waals surface area contributed by atoms with Gasteiger partial charge in [0.1, 0.15) is 5.41 Å². The van der Waals surface area contributed by atoms with Crippen molar-refractivity contribution in [3.05, 3.63) is 47.2 Å².